The fourth-order valence-electron chi connectivity index (χ4n) is 3.98. The number of ether oxygens (including phenoxy) is 1. The second-order valence-electron chi connectivity index (χ2n) is 7.65. The van der Waals surface area contributed by atoms with Crippen LogP contribution in [-0.4, -0.2) is 36.8 Å². The molecule has 2 heterocycles. The molecule has 7 nitrogen and oxygen atoms in total. The molecule has 2 aromatic rings. The number of nitrogens with zero attached hydrogens (tertiary/aromatic N) is 2. The fourth-order valence-corrected chi connectivity index (χ4v) is 4.38. The Labute approximate surface area is 187 Å². The second-order valence-corrected chi connectivity index (χ2v) is 8.56. The molecule has 1 fully saturated rings. The molecule has 0 radical (unpaired) electrons. The van der Waals surface area contributed by atoms with Gasteiger partial charge in [0, 0.05) is 24.1 Å². The van der Waals surface area contributed by atoms with Crippen molar-refractivity contribution < 1.29 is 18.7 Å². The highest BCUT2D eigenvalue weighted by atomic mass is 79.9. The van der Waals surface area contributed by atoms with Gasteiger partial charge < -0.3 is 15.8 Å². The van der Waals surface area contributed by atoms with Crippen LogP contribution in [-0.2, 0) is 19.9 Å². The lowest BCUT2D eigenvalue weighted by Crippen LogP contribution is -2.51. The van der Waals surface area contributed by atoms with Crippen molar-refractivity contribution >= 4 is 39.1 Å². The van der Waals surface area contributed by atoms with Crippen LogP contribution in [0.15, 0.2) is 58.1 Å². The van der Waals surface area contributed by atoms with Crippen molar-refractivity contribution in [3.05, 3.63) is 64.4 Å². The first kappa shape index (κ1) is 21.5. The van der Waals surface area contributed by atoms with E-state index in [0.29, 0.717) is 31.7 Å². The molecule has 0 saturated carbocycles. The maximum absolute atomic E-state index is 13.3. The number of primary amides is 1. The number of carbonyl (C=O) groups excluding carboxylic acids is 2. The van der Waals surface area contributed by atoms with Crippen molar-refractivity contribution in [1.82, 2.24) is 5.32 Å². The zero-order valence-corrected chi connectivity index (χ0v) is 18.3. The molecular formula is C22H22BrFN4O3. The van der Waals surface area contributed by atoms with E-state index in [1.165, 1.54) is 29.3 Å². The van der Waals surface area contributed by atoms with E-state index < -0.39 is 23.3 Å². The van der Waals surface area contributed by atoms with Gasteiger partial charge in [0.2, 0.25) is 5.91 Å². The first-order chi connectivity index (χ1) is 14.9. The number of amides is 2. The lowest BCUT2D eigenvalue weighted by atomic mass is 9.82. The summed E-state index contributed by atoms with van der Waals surface area (Å²) in [6.45, 7) is 1.04. The minimum absolute atomic E-state index is 0.0730. The molecule has 2 amide bonds. The van der Waals surface area contributed by atoms with Crippen molar-refractivity contribution in [3.63, 3.8) is 0 Å². The fraction of sp³-hybridized carbons (Fsp3) is 0.318. The van der Waals surface area contributed by atoms with Gasteiger partial charge in [-0.2, -0.15) is 5.10 Å². The van der Waals surface area contributed by atoms with E-state index in [4.69, 9.17) is 10.5 Å². The predicted octanol–water partition coefficient (Wildman–Crippen LogP) is 2.83. The third-order valence-corrected chi connectivity index (χ3v) is 6.16. The minimum atomic E-state index is -0.817. The van der Waals surface area contributed by atoms with Crippen molar-refractivity contribution in [3.8, 4) is 0 Å². The maximum Gasteiger partial charge on any atom is 0.268 e. The standard InChI is InChI=1S/C22H22BrFN4O3/c23-15-3-1-2-14(12-15)22(8-10-31-11-9-22)26-21(30)18-13-19(20(25)29)28(27-18)17-6-4-16(24)5-7-17/h1-7,12,19H,8-11,13H2,(H2,25,29)(H,26,30). The normalized spacial score (nSPS) is 20.3. The largest absolute Gasteiger partial charge is 0.381 e. The van der Waals surface area contributed by atoms with Crippen LogP contribution >= 0.6 is 15.9 Å². The number of halogens is 2. The van der Waals surface area contributed by atoms with Crippen molar-refractivity contribution in [2.75, 3.05) is 18.2 Å². The van der Waals surface area contributed by atoms with Gasteiger partial charge in [-0.15, -0.1) is 0 Å². The summed E-state index contributed by atoms with van der Waals surface area (Å²) < 4.78 is 19.7. The van der Waals surface area contributed by atoms with E-state index in [9.17, 15) is 14.0 Å². The first-order valence-electron chi connectivity index (χ1n) is 9.96. The second kappa shape index (κ2) is 8.76. The predicted molar refractivity (Wildman–Crippen MR) is 118 cm³/mol. The van der Waals surface area contributed by atoms with Gasteiger partial charge in [-0.1, -0.05) is 28.1 Å². The first-order valence-corrected chi connectivity index (χ1v) is 10.8. The Bertz CT molecular complexity index is 1020. The summed E-state index contributed by atoms with van der Waals surface area (Å²) in [5.41, 5.74) is 6.61. The highest BCUT2D eigenvalue weighted by Gasteiger charge is 2.40. The molecule has 2 aliphatic heterocycles. The SMILES string of the molecule is NC(=O)C1CC(C(=O)NC2(c3cccc(Br)c3)CCOCC2)=NN1c1ccc(F)cc1. The molecule has 4 rings (SSSR count). The molecule has 2 aliphatic rings. The van der Waals surface area contributed by atoms with Crippen LogP contribution in [0, 0.1) is 5.82 Å². The highest BCUT2D eigenvalue weighted by molar-refractivity contribution is 9.10. The molecule has 162 valence electrons. The Kier molecular flexibility index (Phi) is 6.06. The van der Waals surface area contributed by atoms with Crippen molar-refractivity contribution in [2.45, 2.75) is 30.8 Å². The summed E-state index contributed by atoms with van der Waals surface area (Å²) in [5, 5.41) is 8.90. The molecule has 31 heavy (non-hydrogen) atoms. The van der Waals surface area contributed by atoms with E-state index in [0.717, 1.165) is 10.0 Å². The van der Waals surface area contributed by atoms with Gasteiger partial charge in [0.25, 0.3) is 5.91 Å². The van der Waals surface area contributed by atoms with E-state index >= 15 is 0 Å². The summed E-state index contributed by atoms with van der Waals surface area (Å²) in [6, 6.07) is 12.5. The van der Waals surface area contributed by atoms with Gasteiger partial charge in [-0.25, -0.2) is 4.39 Å². The van der Waals surface area contributed by atoms with Crippen LogP contribution in [0.25, 0.3) is 0 Å². The Morgan fingerprint density at radius 3 is 2.55 bits per heavy atom. The number of hydrogen-bond acceptors (Lipinski definition) is 5. The lowest BCUT2D eigenvalue weighted by Gasteiger charge is -2.38. The van der Waals surface area contributed by atoms with Gasteiger partial charge in [0.05, 0.1) is 11.2 Å². The Balaban J connectivity index is 1.62. The Morgan fingerprint density at radius 1 is 1.19 bits per heavy atom. The molecular weight excluding hydrogens is 467 g/mol. The average molecular weight is 489 g/mol. The number of benzene rings is 2. The van der Waals surface area contributed by atoms with Gasteiger partial charge in [0.1, 0.15) is 17.6 Å². The molecule has 1 saturated heterocycles. The van der Waals surface area contributed by atoms with Gasteiger partial charge >= 0.3 is 0 Å². The van der Waals surface area contributed by atoms with Gasteiger partial charge in [-0.3, -0.25) is 14.6 Å². The van der Waals surface area contributed by atoms with Gasteiger partial charge in [-0.05, 0) is 54.8 Å². The lowest BCUT2D eigenvalue weighted by molar-refractivity contribution is -0.119. The molecule has 0 aromatic heterocycles. The molecule has 9 heteroatoms. The van der Waals surface area contributed by atoms with Crippen molar-refractivity contribution in [2.24, 2.45) is 10.8 Å². The summed E-state index contributed by atoms with van der Waals surface area (Å²) >= 11 is 3.50. The van der Waals surface area contributed by atoms with Crippen LogP contribution in [0.1, 0.15) is 24.8 Å². The topological polar surface area (TPSA) is 97.0 Å². The van der Waals surface area contributed by atoms with E-state index in [2.05, 4.69) is 26.3 Å². The quantitative estimate of drug-likeness (QED) is 0.675. The Hall–Kier alpha value is -2.78. The third-order valence-electron chi connectivity index (χ3n) is 5.67. The maximum atomic E-state index is 13.3. The minimum Gasteiger partial charge on any atom is -0.381 e. The number of hydrazone groups is 1. The summed E-state index contributed by atoms with van der Waals surface area (Å²) in [4.78, 5) is 25.3. The molecule has 2 aromatic carbocycles. The average Bonchev–Trinajstić information content (AvgIpc) is 3.21. The van der Waals surface area contributed by atoms with Crippen LogP contribution < -0.4 is 16.1 Å². The van der Waals surface area contributed by atoms with E-state index in [-0.39, 0.29) is 18.0 Å². The Morgan fingerprint density at radius 2 is 1.90 bits per heavy atom. The zero-order valence-electron chi connectivity index (χ0n) is 16.7. The third kappa shape index (κ3) is 4.47. The zero-order chi connectivity index (χ0) is 22.0. The molecule has 0 spiro atoms. The van der Waals surface area contributed by atoms with Crippen LogP contribution in [0.4, 0.5) is 10.1 Å². The summed E-state index contributed by atoms with van der Waals surface area (Å²) in [5.74, 6) is -1.38. The number of hydrogen-bond donors (Lipinski definition) is 2. The smallest absolute Gasteiger partial charge is 0.268 e. The molecule has 1 unspecified atom stereocenters. The van der Waals surface area contributed by atoms with Crippen LogP contribution in [0.3, 0.4) is 0 Å². The number of rotatable bonds is 5. The summed E-state index contributed by atoms with van der Waals surface area (Å²) in [6.07, 6.45) is 1.30. The van der Waals surface area contributed by atoms with Crippen molar-refractivity contribution in [1.29, 1.82) is 0 Å². The molecule has 3 N–H and O–H groups in total. The van der Waals surface area contributed by atoms with E-state index in [1.54, 1.807) is 0 Å². The molecule has 0 aliphatic carbocycles. The summed E-state index contributed by atoms with van der Waals surface area (Å²) in [7, 11) is 0. The van der Waals surface area contributed by atoms with Crippen LogP contribution in [0.2, 0.25) is 0 Å². The van der Waals surface area contributed by atoms with Gasteiger partial charge in [0.15, 0.2) is 0 Å². The molecule has 0 bridgehead atoms. The number of nitrogens with two attached hydrogens (primary N) is 1. The van der Waals surface area contributed by atoms with Crippen LogP contribution in [0.5, 0.6) is 0 Å². The number of anilines is 1. The highest BCUT2D eigenvalue weighted by Crippen LogP contribution is 2.34. The number of nitrogens with one attached hydrogen (secondary N) is 1. The van der Waals surface area contributed by atoms with E-state index in [1.807, 2.05) is 24.3 Å². The monoisotopic (exact) mass is 488 g/mol. The molecule has 1 atom stereocenters. The number of carbonyl (C=O) groups is 2.